The number of amides is 3. The molecule has 2 aromatic carbocycles. The Labute approximate surface area is 175 Å². The fourth-order valence-electron chi connectivity index (χ4n) is 3.02. The number of hydrogen-bond acceptors (Lipinski definition) is 4. The van der Waals surface area contributed by atoms with Crippen LogP contribution in [-0.2, 0) is 0 Å². The van der Waals surface area contributed by atoms with E-state index in [-0.39, 0.29) is 11.6 Å². The van der Waals surface area contributed by atoms with Crippen LogP contribution in [0.25, 0.3) is 0 Å². The molecule has 1 aromatic heterocycles. The van der Waals surface area contributed by atoms with Crippen LogP contribution in [-0.4, -0.2) is 39.6 Å². The Morgan fingerprint density at radius 3 is 2.07 bits per heavy atom. The molecule has 0 fully saturated rings. The van der Waals surface area contributed by atoms with E-state index in [1.54, 1.807) is 24.0 Å². The maximum atomic E-state index is 12.9. The molecule has 8 nitrogen and oxygen atoms in total. The number of benzene rings is 2. The third-order valence-corrected chi connectivity index (χ3v) is 4.64. The van der Waals surface area contributed by atoms with Crippen molar-refractivity contribution < 1.29 is 9.59 Å². The number of nitrogens with zero attached hydrogens (tertiary/aromatic N) is 3. The minimum Gasteiger partial charge on any atom is -0.338 e. The number of urea groups is 1. The highest BCUT2D eigenvalue weighted by Crippen LogP contribution is 2.20. The van der Waals surface area contributed by atoms with Gasteiger partial charge < -0.3 is 15.5 Å². The van der Waals surface area contributed by atoms with Gasteiger partial charge in [-0.15, -0.1) is 0 Å². The van der Waals surface area contributed by atoms with Crippen molar-refractivity contribution in [2.75, 3.05) is 29.1 Å². The van der Waals surface area contributed by atoms with Crippen molar-refractivity contribution in [1.29, 1.82) is 0 Å². The lowest BCUT2D eigenvalue weighted by Gasteiger charge is -2.17. The summed E-state index contributed by atoms with van der Waals surface area (Å²) in [6, 6.07) is 18.1. The zero-order valence-corrected chi connectivity index (χ0v) is 17.3. The quantitative estimate of drug-likeness (QED) is 0.549. The van der Waals surface area contributed by atoms with Crippen LogP contribution in [0, 0.1) is 6.92 Å². The van der Waals surface area contributed by atoms with Gasteiger partial charge in [-0.1, -0.05) is 36.4 Å². The largest absolute Gasteiger partial charge is 0.338 e. The van der Waals surface area contributed by atoms with E-state index in [0.717, 1.165) is 5.69 Å². The van der Waals surface area contributed by atoms with Crippen molar-refractivity contribution in [3.8, 4) is 0 Å². The Bertz CT molecular complexity index is 997. The number of aromatic nitrogens is 2. The highest BCUT2D eigenvalue weighted by molar-refractivity contribution is 5.97. The summed E-state index contributed by atoms with van der Waals surface area (Å²) in [5.74, 6) is 0.162. The first-order valence-electron chi connectivity index (χ1n) is 9.87. The maximum Gasteiger partial charge on any atom is 0.338 e. The van der Waals surface area contributed by atoms with Crippen molar-refractivity contribution in [3.63, 3.8) is 0 Å². The number of carbonyl (C=O) groups excluding carboxylic acids is 2. The minimum atomic E-state index is -0.445. The normalized spacial score (nSPS) is 10.4. The zero-order valence-electron chi connectivity index (χ0n) is 17.3. The van der Waals surface area contributed by atoms with Crippen LogP contribution in [0.1, 0.15) is 30.0 Å². The molecule has 0 atom stereocenters. The Morgan fingerprint density at radius 2 is 1.50 bits per heavy atom. The number of para-hydroxylation sites is 2. The molecule has 30 heavy (non-hydrogen) atoms. The monoisotopic (exact) mass is 406 g/mol. The fraction of sp³-hybridized carbons (Fsp3) is 0.227. The zero-order chi connectivity index (χ0) is 21.5. The van der Waals surface area contributed by atoms with Crippen LogP contribution >= 0.6 is 0 Å². The van der Waals surface area contributed by atoms with E-state index >= 15 is 0 Å². The topological polar surface area (TPSA) is 91.3 Å². The summed E-state index contributed by atoms with van der Waals surface area (Å²) in [4.78, 5) is 31.7. The molecule has 3 rings (SSSR count). The number of nitrogens with one attached hydrogen (secondary N) is 3. The lowest BCUT2D eigenvalue weighted by Crippen LogP contribution is -2.32. The average Bonchev–Trinajstić information content (AvgIpc) is 3.05. The summed E-state index contributed by atoms with van der Waals surface area (Å²) in [7, 11) is 0. The van der Waals surface area contributed by atoms with Gasteiger partial charge in [-0.3, -0.25) is 4.79 Å². The van der Waals surface area contributed by atoms with Crippen molar-refractivity contribution in [1.82, 2.24) is 14.6 Å². The first kappa shape index (κ1) is 20.9. The second-order valence-electron chi connectivity index (χ2n) is 6.61. The molecule has 0 saturated heterocycles. The van der Waals surface area contributed by atoms with Gasteiger partial charge in [-0.05, 0) is 45.0 Å². The van der Waals surface area contributed by atoms with Gasteiger partial charge in [-0.2, -0.15) is 0 Å². The predicted octanol–water partition coefficient (Wildman–Crippen LogP) is 4.19. The Balaban J connectivity index is 1.92. The minimum absolute atomic E-state index is 0.183. The molecule has 156 valence electrons. The number of rotatable bonds is 7. The smallest absolute Gasteiger partial charge is 0.338 e. The Kier molecular flexibility index (Phi) is 6.69. The highest BCUT2D eigenvalue weighted by Gasteiger charge is 2.24. The van der Waals surface area contributed by atoms with E-state index in [9.17, 15) is 9.59 Å². The highest BCUT2D eigenvalue weighted by atomic mass is 16.2. The van der Waals surface area contributed by atoms with Gasteiger partial charge in [0, 0.05) is 24.5 Å². The van der Waals surface area contributed by atoms with E-state index < -0.39 is 6.03 Å². The Morgan fingerprint density at radius 1 is 0.933 bits per heavy atom. The third kappa shape index (κ3) is 4.78. The summed E-state index contributed by atoms with van der Waals surface area (Å²) in [5, 5.41) is 5.94. The van der Waals surface area contributed by atoms with E-state index in [4.69, 9.17) is 0 Å². The molecule has 0 aliphatic rings. The summed E-state index contributed by atoms with van der Waals surface area (Å²) in [5.41, 5.74) is 5.04. The van der Waals surface area contributed by atoms with E-state index in [2.05, 4.69) is 21.0 Å². The van der Waals surface area contributed by atoms with E-state index in [0.29, 0.717) is 30.4 Å². The molecule has 0 saturated carbocycles. The first-order chi connectivity index (χ1) is 14.5. The average molecular weight is 406 g/mol. The summed E-state index contributed by atoms with van der Waals surface area (Å²) >= 11 is 0. The van der Waals surface area contributed by atoms with Crippen LogP contribution in [0.15, 0.2) is 60.7 Å². The molecule has 3 amide bonds. The van der Waals surface area contributed by atoms with Crippen molar-refractivity contribution >= 4 is 29.3 Å². The third-order valence-electron chi connectivity index (χ3n) is 4.64. The van der Waals surface area contributed by atoms with E-state index in [1.807, 2.05) is 62.4 Å². The van der Waals surface area contributed by atoms with Gasteiger partial charge in [-0.25, -0.2) is 19.9 Å². The van der Waals surface area contributed by atoms with Crippen LogP contribution < -0.4 is 16.1 Å². The van der Waals surface area contributed by atoms with Crippen molar-refractivity contribution in [3.05, 3.63) is 72.1 Å². The molecular weight excluding hydrogens is 380 g/mol. The lowest BCUT2D eigenvalue weighted by molar-refractivity contribution is 0.0767. The SMILES string of the molecule is CCN(CC)C(=O)c1nc(Nc2ccccc2)n(NC(=O)Nc2ccccc2)c1C. The molecule has 0 spiro atoms. The predicted molar refractivity (Wildman–Crippen MR) is 119 cm³/mol. The van der Waals surface area contributed by atoms with E-state index in [1.165, 1.54) is 4.68 Å². The molecule has 0 aliphatic heterocycles. The van der Waals surface area contributed by atoms with Gasteiger partial charge >= 0.3 is 6.03 Å². The second kappa shape index (κ2) is 9.60. The van der Waals surface area contributed by atoms with Gasteiger partial charge in [0.15, 0.2) is 5.69 Å². The summed E-state index contributed by atoms with van der Waals surface area (Å²) in [6.45, 7) is 6.74. The van der Waals surface area contributed by atoms with Gasteiger partial charge in [0.25, 0.3) is 5.91 Å². The Hall–Kier alpha value is -3.81. The maximum absolute atomic E-state index is 12.9. The summed E-state index contributed by atoms with van der Waals surface area (Å²) in [6.07, 6.45) is 0. The van der Waals surface area contributed by atoms with Crippen LogP contribution in [0.3, 0.4) is 0 Å². The molecule has 1 heterocycles. The standard InChI is InChI=1S/C22H26N6O2/c1-4-27(5-2)20(29)19-16(3)28(21(25-19)23-17-12-8-6-9-13-17)26-22(30)24-18-14-10-7-11-15-18/h6-15H,4-5H2,1-3H3,(H,23,25)(H2,24,26,30). The van der Waals surface area contributed by atoms with Crippen molar-refractivity contribution in [2.24, 2.45) is 0 Å². The second-order valence-corrected chi connectivity index (χ2v) is 6.61. The summed E-state index contributed by atoms with van der Waals surface area (Å²) < 4.78 is 1.49. The van der Waals surface area contributed by atoms with Crippen LogP contribution in [0.4, 0.5) is 22.1 Å². The number of imidazole rings is 1. The van der Waals surface area contributed by atoms with Crippen molar-refractivity contribution in [2.45, 2.75) is 20.8 Å². The molecule has 0 bridgehead atoms. The fourth-order valence-corrected chi connectivity index (χ4v) is 3.02. The molecule has 0 unspecified atom stereocenters. The van der Waals surface area contributed by atoms with Crippen LogP contribution in [0.5, 0.6) is 0 Å². The molecule has 3 N–H and O–H groups in total. The molecule has 3 aromatic rings. The molecule has 0 aliphatic carbocycles. The van der Waals surface area contributed by atoms with Gasteiger partial charge in [0.1, 0.15) is 0 Å². The number of carbonyl (C=O) groups is 2. The molecular formula is C22H26N6O2. The molecule has 0 radical (unpaired) electrons. The molecule has 8 heteroatoms. The number of anilines is 3. The number of hydrogen-bond donors (Lipinski definition) is 3. The van der Waals surface area contributed by atoms with Gasteiger partial charge in [0.05, 0.1) is 5.69 Å². The first-order valence-corrected chi connectivity index (χ1v) is 9.87. The lowest BCUT2D eigenvalue weighted by atomic mass is 10.3. The van der Waals surface area contributed by atoms with Crippen LogP contribution in [0.2, 0.25) is 0 Å². The van der Waals surface area contributed by atoms with Gasteiger partial charge in [0.2, 0.25) is 5.95 Å².